The number of benzene rings is 1. The lowest BCUT2D eigenvalue weighted by Crippen LogP contribution is -2.40. The molecule has 0 bridgehead atoms. The summed E-state index contributed by atoms with van der Waals surface area (Å²) in [5, 5.41) is 0. The average molecular weight is 432 g/mol. The van der Waals surface area contributed by atoms with Crippen LogP contribution in [-0.4, -0.2) is 75.7 Å². The molecule has 162 valence electrons. The highest BCUT2D eigenvalue weighted by molar-refractivity contribution is 7.17. The molecule has 8 heteroatoms. The van der Waals surface area contributed by atoms with Gasteiger partial charge in [0.25, 0.3) is 11.8 Å². The second-order valence-corrected chi connectivity index (χ2v) is 8.61. The Bertz CT molecular complexity index is 904. The second kappa shape index (κ2) is 10.1. The standard InChI is InChI=1S/C22H29N3O4S/c1-24(2)8-4-5-16-14-19(30-20(16)21(23)26)15-6-7-17(18(13-15)28-3)22(27)25-9-11-29-12-10-25/h6-7,13-14H,4-5,8-12H2,1-3H3,(H2,23,26). The maximum absolute atomic E-state index is 12.9. The first kappa shape index (κ1) is 22.3. The summed E-state index contributed by atoms with van der Waals surface area (Å²) in [6.45, 7) is 3.19. The van der Waals surface area contributed by atoms with Gasteiger partial charge in [0.15, 0.2) is 0 Å². The van der Waals surface area contributed by atoms with Crippen molar-refractivity contribution in [3.05, 3.63) is 40.3 Å². The van der Waals surface area contributed by atoms with Gasteiger partial charge in [-0.2, -0.15) is 0 Å². The van der Waals surface area contributed by atoms with Crippen molar-refractivity contribution in [1.82, 2.24) is 9.80 Å². The fourth-order valence-corrected chi connectivity index (χ4v) is 4.57. The minimum Gasteiger partial charge on any atom is -0.496 e. The number of aryl methyl sites for hydroxylation is 1. The number of rotatable bonds is 8. The van der Waals surface area contributed by atoms with Gasteiger partial charge in [-0.15, -0.1) is 11.3 Å². The number of primary amides is 1. The molecule has 0 unspecified atom stereocenters. The lowest BCUT2D eigenvalue weighted by Gasteiger charge is -2.27. The number of amides is 2. The highest BCUT2D eigenvalue weighted by atomic mass is 32.1. The summed E-state index contributed by atoms with van der Waals surface area (Å²) < 4.78 is 10.9. The summed E-state index contributed by atoms with van der Waals surface area (Å²) in [4.78, 5) is 30.2. The second-order valence-electron chi connectivity index (χ2n) is 7.56. The minimum absolute atomic E-state index is 0.0601. The van der Waals surface area contributed by atoms with Gasteiger partial charge in [-0.3, -0.25) is 9.59 Å². The molecular weight excluding hydrogens is 402 g/mol. The zero-order chi connectivity index (χ0) is 21.7. The van der Waals surface area contributed by atoms with Gasteiger partial charge < -0.3 is 25.0 Å². The molecule has 1 aliphatic rings. The molecule has 0 radical (unpaired) electrons. The normalized spacial score (nSPS) is 14.2. The Morgan fingerprint density at radius 1 is 1.23 bits per heavy atom. The Morgan fingerprint density at radius 2 is 1.97 bits per heavy atom. The van der Waals surface area contributed by atoms with Crippen LogP contribution in [0.4, 0.5) is 0 Å². The number of carbonyl (C=O) groups excluding carboxylic acids is 2. The number of methoxy groups -OCH3 is 1. The van der Waals surface area contributed by atoms with E-state index in [0.717, 1.165) is 35.4 Å². The van der Waals surface area contributed by atoms with E-state index >= 15 is 0 Å². The van der Waals surface area contributed by atoms with Crippen molar-refractivity contribution < 1.29 is 19.1 Å². The maximum Gasteiger partial charge on any atom is 0.259 e. The first-order valence-electron chi connectivity index (χ1n) is 10.0. The SMILES string of the molecule is COc1cc(-c2cc(CCCN(C)C)c(C(N)=O)s2)ccc1C(=O)N1CCOCC1. The summed E-state index contributed by atoms with van der Waals surface area (Å²) in [7, 11) is 5.62. The zero-order valence-electron chi connectivity index (χ0n) is 17.8. The van der Waals surface area contributed by atoms with Crippen LogP contribution in [0.3, 0.4) is 0 Å². The van der Waals surface area contributed by atoms with Crippen LogP contribution in [0.15, 0.2) is 24.3 Å². The van der Waals surface area contributed by atoms with Crippen LogP contribution in [0.25, 0.3) is 10.4 Å². The van der Waals surface area contributed by atoms with Crippen molar-refractivity contribution >= 4 is 23.2 Å². The molecule has 1 aromatic carbocycles. The first-order valence-corrected chi connectivity index (χ1v) is 10.8. The highest BCUT2D eigenvalue weighted by Gasteiger charge is 2.23. The first-order chi connectivity index (χ1) is 14.4. The fourth-order valence-electron chi connectivity index (χ4n) is 3.51. The maximum atomic E-state index is 12.9. The molecule has 1 fully saturated rings. The van der Waals surface area contributed by atoms with E-state index in [1.165, 1.54) is 11.3 Å². The quantitative estimate of drug-likeness (QED) is 0.694. The summed E-state index contributed by atoms with van der Waals surface area (Å²) in [5.74, 6) is 0.0550. The molecule has 2 N–H and O–H groups in total. The monoisotopic (exact) mass is 431 g/mol. The molecule has 1 saturated heterocycles. The zero-order valence-corrected chi connectivity index (χ0v) is 18.6. The minimum atomic E-state index is -0.405. The molecule has 7 nitrogen and oxygen atoms in total. The van der Waals surface area contributed by atoms with Crippen LogP contribution in [0, 0.1) is 0 Å². The molecule has 0 saturated carbocycles. The van der Waals surface area contributed by atoms with Crippen LogP contribution in [0.1, 0.15) is 32.0 Å². The average Bonchev–Trinajstić information content (AvgIpc) is 3.17. The number of carbonyl (C=O) groups is 2. The van der Waals surface area contributed by atoms with Gasteiger partial charge >= 0.3 is 0 Å². The predicted octanol–water partition coefficient (Wildman–Crippen LogP) is 2.49. The molecule has 0 spiro atoms. The van der Waals surface area contributed by atoms with Crippen molar-refractivity contribution in [3.8, 4) is 16.2 Å². The van der Waals surface area contributed by atoms with Crippen LogP contribution in [0.5, 0.6) is 5.75 Å². The molecule has 0 aliphatic carbocycles. The van der Waals surface area contributed by atoms with E-state index in [0.29, 0.717) is 42.5 Å². The number of nitrogens with two attached hydrogens (primary N) is 1. The van der Waals surface area contributed by atoms with Crippen LogP contribution in [-0.2, 0) is 11.2 Å². The number of thiophene rings is 1. The number of nitrogens with zero attached hydrogens (tertiary/aromatic N) is 2. The van der Waals surface area contributed by atoms with Crippen LogP contribution in [0.2, 0.25) is 0 Å². The Morgan fingerprint density at radius 3 is 2.60 bits per heavy atom. The number of hydrogen-bond donors (Lipinski definition) is 1. The number of morpholine rings is 1. The lowest BCUT2D eigenvalue weighted by molar-refractivity contribution is 0.0301. The lowest BCUT2D eigenvalue weighted by atomic mass is 10.1. The smallest absolute Gasteiger partial charge is 0.259 e. The Balaban J connectivity index is 1.86. The van der Waals surface area contributed by atoms with Crippen molar-refractivity contribution in [2.45, 2.75) is 12.8 Å². The van der Waals surface area contributed by atoms with E-state index in [2.05, 4.69) is 4.90 Å². The highest BCUT2D eigenvalue weighted by Crippen LogP contribution is 2.35. The van der Waals surface area contributed by atoms with Gasteiger partial charge in [0, 0.05) is 18.0 Å². The molecule has 0 atom stereocenters. The van der Waals surface area contributed by atoms with E-state index in [-0.39, 0.29) is 5.91 Å². The number of hydrogen-bond acceptors (Lipinski definition) is 6. The summed E-state index contributed by atoms with van der Waals surface area (Å²) in [6, 6.07) is 7.57. The van der Waals surface area contributed by atoms with Crippen molar-refractivity contribution in [1.29, 1.82) is 0 Å². The van der Waals surface area contributed by atoms with E-state index in [1.807, 2.05) is 32.3 Å². The third kappa shape index (κ3) is 5.19. The Labute approximate surface area is 181 Å². The van der Waals surface area contributed by atoms with Crippen LogP contribution >= 0.6 is 11.3 Å². The van der Waals surface area contributed by atoms with Gasteiger partial charge in [0.05, 0.1) is 30.8 Å². The molecule has 1 aromatic heterocycles. The largest absolute Gasteiger partial charge is 0.496 e. The molecule has 2 heterocycles. The summed E-state index contributed by atoms with van der Waals surface area (Å²) in [6.07, 6.45) is 1.73. The summed E-state index contributed by atoms with van der Waals surface area (Å²) in [5.41, 5.74) is 8.01. The fraction of sp³-hybridized carbons (Fsp3) is 0.455. The van der Waals surface area contributed by atoms with Gasteiger partial charge in [-0.1, -0.05) is 6.07 Å². The number of ether oxygens (including phenoxy) is 2. The third-order valence-corrected chi connectivity index (χ3v) is 6.34. The molecule has 1 aliphatic heterocycles. The van der Waals surface area contributed by atoms with E-state index in [1.54, 1.807) is 18.1 Å². The summed E-state index contributed by atoms with van der Waals surface area (Å²) >= 11 is 1.39. The van der Waals surface area contributed by atoms with Gasteiger partial charge in [-0.05, 0) is 62.8 Å². The molecule has 2 aromatic rings. The molecule has 2 amide bonds. The van der Waals surface area contributed by atoms with E-state index < -0.39 is 5.91 Å². The van der Waals surface area contributed by atoms with Crippen molar-refractivity contribution in [2.75, 3.05) is 54.1 Å². The van der Waals surface area contributed by atoms with E-state index in [9.17, 15) is 9.59 Å². The molecular formula is C22H29N3O4S. The van der Waals surface area contributed by atoms with Gasteiger partial charge in [0.2, 0.25) is 0 Å². The molecule has 3 rings (SSSR count). The van der Waals surface area contributed by atoms with Gasteiger partial charge in [-0.25, -0.2) is 0 Å². The van der Waals surface area contributed by atoms with E-state index in [4.69, 9.17) is 15.2 Å². The predicted molar refractivity (Wildman–Crippen MR) is 118 cm³/mol. The topological polar surface area (TPSA) is 85.1 Å². The van der Waals surface area contributed by atoms with Crippen LogP contribution < -0.4 is 10.5 Å². The van der Waals surface area contributed by atoms with Crippen molar-refractivity contribution in [3.63, 3.8) is 0 Å². The molecule has 30 heavy (non-hydrogen) atoms. The third-order valence-electron chi connectivity index (χ3n) is 5.10. The Kier molecular flexibility index (Phi) is 7.47. The Hall–Kier alpha value is -2.42. The van der Waals surface area contributed by atoms with Gasteiger partial charge in [0.1, 0.15) is 5.75 Å². The van der Waals surface area contributed by atoms with Crippen molar-refractivity contribution in [2.24, 2.45) is 5.73 Å².